The van der Waals surface area contributed by atoms with Crippen LogP contribution in [0.2, 0.25) is 0 Å². The van der Waals surface area contributed by atoms with E-state index in [1.165, 1.54) is 5.56 Å². The van der Waals surface area contributed by atoms with Crippen LogP contribution in [0.1, 0.15) is 24.1 Å². The van der Waals surface area contributed by atoms with Crippen LogP contribution in [-0.4, -0.2) is 28.0 Å². The molecule has 0 bridgehead atoms. The van der Waals surface area contributed by atoms with E-state index in [1.807, 2.05) is 53.6 Å². The molecule has 29 heavy (non-hydrogen) atoms. The van der Waals surface area contributed by atoms with Crippen molar-refractivity contribution in [3.63, 3.8) is 0 Å². The number of dihydropyridines is 1. The molecule has 0 saturated heterocycles. The summed E-state index contributed by atoms with van der Waals surface area (Å²) in [4.78, 5) is 12.3. The maximum absolute atomic E-state index is 12.3. The normalized spacial score (nSPS) is 14.6. The number of rotatable bonds is 5. The highest BCUT2D eigenvalue weighted by atomic mass is 16.5. The third-order valence-corrected chi connectivity index (χ3v) is 5.27. The number of benzene rings is 1. The van der Waals surface area contributed by atoms with Gasteiger partial charge in [0.2, 0.25) is 0 Å². The lowest BCUT2D eigenvalue weighted by Crippen LogP contribution is -2.22. The number of nitrogens with zero attached hydrogens (tertiary/aromatic N) is 3. The van der Waals surface area contributed by atoms with Crippen molar-refractivity contribution in [2.24, 2.45) is 7.05 Å². The number of aryl methyl sites for hydroxylation is 1. The van der Waals surface area contributed by atoms with Crippen LogP contribution in [0.25, 0.3) is 16.7 Å². The topological polar surface area (TPSA) is 61.1 Å². The molecule has 0 spiro atoms. The molecule has 0 amide bonds. The van der Waals surface area contributed by atoms with Crippen LogP contribution in [0.5, 0.6) is 0 Å². The number of aromatic nitrogens is 3. The molecule has 2 aromatic heterocycles. The quantitative estimate of drug-likeness (QED) is 0.728. The Balaban J connectivity index is 1.75. The van der Waals surface area contributed by atoms with Crippen molar-refractivity contribution in [2.45, 2.75) is 13.0 Å². The monoisotopic (exact) mass is 388 g/mol. The minimum atomic E-state index is -0.0452. The molecule has 1 aromatic carbocycles. The third-order valence-electron chi connectivity index (χ3n) is 5.27. The second kappa shape index (κ2) is 7.83. The Kier molecular flexibility index (Phi) is 5.08. The summed E-state index contributed by atoms with van der Waals surface area (Å²) in [6.07, 6.45) is 9.64. The van der Waals surface area contributed by atoms with E-state index >= 15 is 0 Å². The van der Waals surface area contributed by atoms with Crippen LogP contribution >= 0.6 is 0 Å². The van der Waals surface area contributed by atoms with Gasteiger partial charge in [0.25, 0.3) is 5.56 Å². The molecule has 1 N–H and O–H groups in total. The molecule has 1 aliphatic heterocycles. The van der Waals surface area contributed by atoms with E-state index in [-0.39, 0.29) is 11.6 Å². The van der Waals surface area contributed by atoms with Gasteiger partial charge in [-0.2, -0.15) is 5.10 Å². The van der Waals surface area contributed by atoms with E-state index in [0.29, 0.717) is 12.4 Å². The molecule has 0 radical (unpaired) electrons. The molecule has 3 heterocycles. The predicted molar refractivity (Wildman–Crippen MR) is 114 cm³/mol. The molecule has 0 fully saturated rings. The van der Waals surface area contributed by atoms with E-state index in [2.05, 4.69) is 29.5 Å². The van der Waals surface area contributed by atoms with Crippen LogP contribution in [0.4, 0.5) is 0 Å². The summed E-state index contributed by atoms with van der Waals surface area (Å²) < 4.78 is 8.79. The number of allylic oxidation sites excluding steroid dienone is 2. The van der Waals surface area contributed by atoms with Gasteiger partial charge in [0.15, 0.2) is 5.88 Å². The molecule has 148 valence electrons. The van der Waals surface area contributed by atoms with Crippen molar-refractivity contribution in [3.8, 4) is 11.1 Å². The molecular weight excluding hydrogens is 364 g/mol. The van der Waals surface area contributed by atoms with E-state index in [4.69, 9.17) is 4.74 Å². The second-order valence-electron chi connectivity index (χ2n) is 7.13. The first-order chi connectivity index (χ1) is 14.1. The van der Waals surface area contributed by atoms with Gasteiger partial charge < -0.3 is 14.6 Å². The zero-order chi connectivity index (χ0) is 20.4. The highest BCUT2D eigenvalue weighted by Gasteiger charge is 2.17. The van der Waals surface area contributed by atoms with Crippen molar-refractivity contribution in [3.05, 3.63) is 94.5 Å². The van der Waals surface area contributed by atoms with Crippen molar-refractivity contribution in [1.29, 1.82) is 0 Å². The summed E-state index contributed by atoms with van der Waals surface area (Å²) in [6, 6.07) is 12.1. The smallest absolute Gasteiger partial charge is 0.250 e. The van der Waals surface area contributed by atoms with Crippen molar-refractivity contribution in [1.82, 2.24) is 19.7 Å². The number of ether oxygens (including phenoxy) is 1. The van der Waals surface area contributed by atoms with Gasteiger partial charge in [0.1, 0.15) is 0 Å². The van der Waals surface area contributed by atoms with E-state index in [9.17, 15) is 4.79 Å². The van der Waals surface area contributed by atoms with Crippen molar-refractivity contribution in [2.75, 3.05) is 13.7 Å². The first-order valence-electron chi connectivity index (χ1n) is 9.56. The Morgan fingerprint density at radius 2 is 1.93 bits per heavy atom. The SMILES string of the molecule is COC1=CC=C(c2cc(=O)n(C)cc2-c2cnn(C(C)c3ccccc3)c2)CN1. The van der Waals surface area contributed by atoms with Gasteiger partial charge in [-0.25, -0.2) is 0 Å². The largest absolute Gasteiger partial charge is 0.483 e. The highest BCUT2D eigenvalue weighted by Crippen LogP contribution is 2.30. The van der Waals surface area contributed by atoms with Crippen LogP contribution in [-0.2, 0) is 11.8 Å². The molecule has 1 atom stereocenters. The first-order valence-corrected chi connectivity index (χ1v) is 9.56. The van der Waals surface area contributed by atoms with Crippen molar-refractivity contribution < 1.29 is 4.74 Å². The number of methoxy groups -OCH3 is 1. The average Bonchev–Trinajstić information content (AvgIpc) is 3.25. The van der Waals surface area contributed by atoms with Gasteiger partial charge in [-0.3, -0.25) is 9.48 Å². The maximum Gasteiger partial charge on any atom is 0.250 e. The standard InChI is InChI=1S/C23H24N4O2/c1-16(17-7-5-4-6-8-17)27-14-19(13-25-27)21-15-26(2)23(28)11-20(21)18-9-10-22(29-3)24-12-18/h4-11,13-16,24H,12H2,1-3H3. The summed E-state index contributed by atoms with van der Waals surface area (Å²) in [6.45, 7) is 2.72. The Morgan fingerprint density at radius 1 is 1.14 bits per heavy atom. The van der Waals surface area contributed by atoms with Crippen LogP contribution in [0.3, 0.4) is 0 Å². The van der Waals surface area contributed by atoms with Crippen LogP contribution in [0, 0.1) is 0 Å². The molecule has 6 heteroatoms. The number of nitrogens with one attached hydrogen (secondary N) is 1. The maximum atomic E-state index is 12.3. The van der Waals surface area contributed by atoms with Crippen molar-refractivity contribution >= 4 is 5.57 Å². The van der Waals surface area contributed by atoms with Crippen LogP contribution < -0.4 is 10.9 Å². The molecular formula is C23H24N4O2. The van der Waals surface area contributed by atoms with E-state index < -0.39 is 0 Å². The summed E-state index contributed by atoms with van der Waals surface area (Å²) in [5.74, 6) is 0.712. The van der Waals surface area contributed by atoms with E-state index in [1.54, 1.807) is 24.8 Å². The molecule has 1 unspecified atom stereocenters. The Hall–Kier alpha value is -3.54. The molecule has 1 aliphatic rings. The summed E-state index contributed by atoms with van der Waals surface area (Å²) in [5, 5.41) is 7.81. The Morgan fingerprint density at radius 3 is 2.62 bits per heavy atom. The predicted octanol–water partition coefficient (Wildman–Crippen LogP) is 3.33. The van der Waals surface area contributed by atoms with Gasteiger partial charge in [0.05, 0.1) is 19.3 Å². The highest BCUT2D eigenvalue weighted by molar-refractivity contribution is 5.82. The summed E-state index contributed by atoms with van der Waals surface area (Å²) >= 11 is 0. The summed E-state index contributed by atoms with van der Waals surface area (Å²) in [5.41, 5.74) is 5.03. The average molecular weight is 388 g/mol. The second-order valence-corrected chi connectivity index (χ2v) is 7.13. The molecule has 0 saturated carbocycles. The fraction of sp³-hybridized carbons (Fsp3) is 0.217. The van der Waals surface area contributed by atoms with Crippen LogP contribution in [0.15, 0.2) is 77.8 Å². The first kappa shape index (κ1) is 18.8. The molecule has 6 nitrogen and oxygen atoms in total. The fourth-order valence-corrected chi connectivity index (χ4v) is 3.50. The van der Waals surface area contributed by atoms with Gasteiger partial charge in [-0.1, -0.05) is 36.4 Å². The minimum absolute atomic E-state index is 0.0452. The third kappa shape index (κ3) is 3.74. The minimum Gasteiger partial charge on any atom is -0.483 e. The van der Waals surface area contributed by atoms with E-state index in [0.717, 1.165) is 22.3 Å². The molecule has 0 aliphatic carbocycles. The van der Waals surface area contributed by atoms with Gasteiger partial charge >= 0.3 is 0 Å². The Labute approximate surface area is 169 Å². The Bertz CT molecular complexity index is 1140. The zero-order valence-electron chi connectivity index (χ0n) is 16.8. The lowest BCUT2D eigenvalue weighted by molar-refractivity contribution is 0.264. The van der Waals surface area contributed by atoms with Gasteiger partial charge in [-0.15, -0.1) is 0 Å². The lowest BCUT2D eigenvalue weighted by Gasteiger charge is -2.18. The van der Waals surface area contributed by atoms with Gasteiger partial charge in [-0.05, 0) is 29.7 Å². The number of pyridine rings is 1. The number of hydrogen-bond donors (Lipinski definition) is 1. The summed E-state index contributed by atoms with van der Waals surface area (Å²) in [7, 11) is 3.40. The number of hydrogen-bond acceptors (Lipinski definition) is 4. The lowest BCUT2D eigenvalue weighted by atomic mass is 9.96. The molecule has 3 aromatic rings. The van der Waals surface area contributed by atoms with Gasteiger partial charge in [0, 0.05) is 43.2 Å². The zero-order valence-corrected chi connectivity index (χ0v) is 16.8. The molecule has 4 rings (SSSR count). The fourth-order valence-electron chi connectivity index (χ4n) is 3.50.